The van der Waals surface area contributed by atoms with E-state index in [1.807, 2.05) is 25.1 Å². The van der Waals surface area contributed by atoms with Gasteiger partial charge in [-0.2, -0.15) is 0 Å². The largest absolute Gasteiger partial charge is 0.496 e. The molecule has 0 radical (unpaired) electrons. The summed E-state index contributed by atoms with van der Waals surface area (Å²) in [6.45, 7) is 7.04. The third-order valence-corrected chi connectivity index (χ3v) is 5.13. The van der Waals surface area contributed by atoms with Crippen molar-refractivity contribution in [3.05, 3.63) is 29.3 Å². The van der Waals surface area contributed by atoms with Gasteiger partial charge in [0.1, 0.15) is 5.75 Å². The van der Waals surface area contributed by atoms with Crippen molar-refractivity contribution < 1.29 is 14.3 Å². The van der Waals surface area contributed by atoms with Crippen LogP contribution < -0.4 is 10.1 Å². The second-order valence-corrected chi connectivity index (χ2v) is 6.96. The average Bonchev–Trinajstić information content (AvgIpc) is 3.10. The highest BCUT2D eigenvalue weighted by molar-refractivity contribution is 5.94. The first-order valence-corrected chi connectivity index (χ1v) is 8.91. The summed E-state index contributed by atoms with van der Waals surface area (Å²) in [4.78, 5) is 15.0. The predicted octanol–water partition coefficient (Wildman–Crippen LogP) is 2.23. The molecule has 2 aliphatic rings. The molecular weight excluding hydrogens is 304 g/mol. The fourth-order valence-corrected chi connectivity index (χ4v) is 3.58. The van der Waals surface area contributed by atoms with Crippen LogP contribution in [0.15, 0.2) is 18.2 Å². The molecule has 5 nitrogen and oxygen atoms in total. The molecule has 0 aliphatic carbocycles. The summed E-state index contributed by atoms with van der Waals surface area (Å²) in [5.41, 5.74) is 1.71. The van der Waals surface area contributed by atoms with Crippen LogP contribution in [0.4, 0.5) is 0 Å². The molecule has 24 heavy (non-hydrogen) atoms. The highest BCUT2D eigenvalue weighted by atomic mass is 16.5. The number of amides is 1. The quantitative estimate of drug-likeness (QED) is 0.898. The summed E-state index contributed by atoms with van der Waals surface area (Å²) in [5.74, 6) is 1.45. The van der Waals surface area contributed by atoms with E-state index in [4.69, 9.17) is 9.47 Å². The molecule has 2 heterocycles. The Bertz CT molecular complexity index is 562. The number of carbonyl (C=O) groups excluding carboxylic acids is 1. The van der Waals surface area contributed by atoms with E-state index in [0.29, 0.717) is 11.5 Å². The number of aryl methyl sites for hydroxylation is 1. The van der Waals surface area contributed by atoms with Gasteiger partial charge in [-0.3, -0.25) is 4.79 Å². The minimum Gasteiger partial charge on any atom is -0.496 e. The van der Waals surface area contributed by atoms with Crippen molar-refractivity contribution in [2.45, 2.75) is 32.2 Å². The second-order valence-electron chi connectivity index (χ2n) is 6.96. The molecule has 0 unspecified atom stereocenters. The lowest BCUT2D eigenvalue weighted by atomic mass is 10.0. The lowest BCUT2D eigenvalue weighted by Crippen LogP contribution is -2.45. The number of hydrogen-bond donors (Lipinski definition) is 1. The Kier molecular flexibility index (Phi) is 5.74. The van der Waals surface area contributed by atoms with Crippen LogP contribution in [0.5, 0.6) is 5.75 Å². The molecule has 1 N–H and O–H groups in total. The van der Waals surface area contributed by atoms with E-state index in [1.165, 1.54) is 6.42 Å². The van der Waals surface area contributed by atoms with E-state index in [9.17, 15) is 4.79 Å². The van der Waals surface area contributed by atoms with Crippen molar-refractivity contribution >= 4 is 5.91 Å². The second kappa shape index (κ2) is 7.99. The topological polar surface area (TPSA) is 50.8 Å². The van der Waals surface area contributed by atoms with Gasteiger partial charge in [0.05, 0.1) is 13.7 Å². The number of nitrogens with one attached hydrogen (secondary N) is 1. The zero-order valence-corrected chi connectivity index (χ0v) is 14.7. The standard InChI is InChI=1S/C19H28N2O3/c1-14-3-4-16(11-18(14)23-2)19(22)20-17-5-8-21(9-6-17)12-15-7-10-24-13-15/h3-4,11,15,17H,5-10,12-13H2,1-2H3,(H,20,22)/t15-/m1/s1. The average molecular weight is 332 g/mol. The molecule has 2 aliphatic heterocycles. The summed E-state index contributed by atoms with van der Waals surface area (Å²) in [6.07, 6.45) is 3.22. The fourth-order valence-electron chi connectivity index (χ4n) is 3.58. The summed E-state index contributed by atoms with van der Waals surface area (Å²) in [6, 6.07) is 5.88. The number of nitrogens with zero attached hydrogens (tertiary/aromatic N) is 1. The molecule has 1 aromatic carbocycles. The Morgan fingerprint density at radius 1 is 1.33 bits per heavy atom. The molecule has 3 rings (SSSR count). The highest BCUT2D eigenvalue weighted by Gasteiger charge is 2.24. The summed E-state index contributed by atoms with van der Waals surface area (Å²) in [7, 11) is 1.63. The SMILES string of the molecule is COc1cc(C(=O)NC2CCN(C[C@H]3CCOC3)CC2)ccc1C. The van der Waals surface area contributed by atoms with Crippen LogP contribution in [-0.2, 0) is 4.74 Å². The number of methoxy groups -OCH3 is 1. The molecule has 0 bridgehead atoms. The number of likely N-dealkylation sites (tertiary alicyclic amines) is 1. The molecule has 2 fully saturated rings. The number of hydrogen-bond acceptors (Lipinski definition) is 4. The highest BCUT2D eigenvalue weighted by Crippen LogP contribution is 2.20. The molecule has 5 heteroatoms. The van der Waals surface area contributed by atoms with Crippen molar-refractivity contribution in [2.75, 3.05) is 40.0 Å². The Morgan fingerprint density at radius 3 is 2.79 bits per heavy atom. The number of ether oxygens (including phenoxy) is 2. The molecule has 1 aromatic rings. The molecule has 2 saturated heterocycles. The van der Waals surface area contributed by atoms with Gasteiger partial charge in [0, 0.05) is 37.8 Å². The van der Waals surface area contributed by atoms with E-state index >= 15 is 0 Å². The number of rotatable bonds is 5. The van der Waals surface area contributed by atoms with E-state index in [0.717, 1.165) is 57.0 Å². The summed E-state index contributed by atoms with van der Waals surface area (Å²) < 4.78 is 10.8. The van der Waals surface area contributed by atoms with Gasteiger partial charge in [-0.15, -0.1) is 0 Å². The zero-order chi connectivity index (χ0) is 16.9. The van der Waals surface area contributed by atoms with Crippen LogP contribution in [0, 0.1) is 12.8 Å². The van der Waals surface area contributed by atoms with Gasteiger partial charge in [-0.05, 0) is 49.8 Å². The van der Waals surface area contributed by atoms with Crippen LogP contribution in [0.1, 0.15) is 35.2 Å². The first-order valence-electron chi connectivity index (χ1n) is 8.91. The van der Waals surface area contributed by atoms with E-state index in [1.54, 1.807) is 7.11 Å². The van der Waals surface area contributed by atoms with Gasteiger partial charge in [-0.25, -0.2) is 0 Å². The maximum atomic E-state index is 12.5. The molecule has 0 saturated carbocycles. The van der Waals surface area contributed by atoms with Crippen LogP contribution in [0.25, 0.3) is 0 Å². The molecule has 1 atom stereocenters. The third kappa shape index (κ3) is 4.28. The van der Waals surface area contributed by atoms with Gasteiger partial charge in [-0.1, -0.05) is 6.07 Å². The van der Waals surface area contributed by atoms with Crippen LogP contribution in [0.3, 0.4) is 0 Å². The Morgan fingerprint density at radius 2 is 2.12 bits per heavy atom. The molecule has 1 amide bonds. The van der Waals surface area contributed by atoms with E-state index < -0.39 is 0 Å². The lowest BCUT2D eigenvalue weighted by molar-refractivity contribution is 0.0903. The van der Waals surface area contributed by atoms with E-state index in [2.05, 4.69) is 10.2 Å². The maximum absolute atomic E-state index is 12.5. The first kappa shape index (κ1) is 17.2. The lowest BCUT2D eigenvalue weighted by Gasteiger charge is -2.33. The van der Waals surface area contributed by atoms with E-state index in [-0.39, 0.29) is 11.9 Å². The Labute approximate surface area is 144 Å². The molecular formula is C19H28N2O3. The van der Waals surface area contributed by atoms with Crippen molar-refractivity contribution in [1.29, 1.82) is 0 Å². The third-order valence-electron chi connectivity index (χ3n) is 5.13. The van der Waals surface area contributed by atoms with Crippen LogP contribution in [0.2, 0.25) is 0 Å². The van der Waals surface area contributed by atoms with Crippen molar-refractivity contribution in [3.63, 3.8) is 0 Å². The van der Waals surface area contributed by atoms with Crippen molar-refractivity contribution in [2.24, 2.45) is 5.92 Å². The number of benzene rings is 1. The van der Waals surface area contributed by atoms with Crippen molar-refractivity contribution in [3.8, 4) is 5.75 Å². The molecule has 132 valence electrons. The van der Waals surface area contributed by atoms with Crippen LogP contribution >= 0.6 is 0 Å². The smallest absolute Gasteiger partial charge is 0.251 e. The monoisotopic (exact) mass is 332 g/mol. The van der Waals surface area contributed by atoms with Crippen molar-refractivity contribution in [1.82, 2.24) is 10.2 Å². The number of piperidine rings is 1. The minimum absolute atomic E-state index is 0.00376. The first-order chi connectivity index (χ1) is 11.7. The van der Waals surface area contributed by atoms with Crippen LogP contribution in [-0.4, -0.2) is 56.8 Å². The summed E-state index contributed by atoms with van der Waals surface area (Å²) in [5, 5.41) is 3.17. The van der Waals surface area contributed by atoms with Gasteiger partial charge in [0.15, 0.2) is 0 Å². The van der Waals surface area contributed by atoms with Gasteiger partial charge in [0.2, 0.25) is 0 Å². The Balaban J connectivity index is 1.47. The van der Waals surface area contributed by atoms with Gasteiger partial charge in [0.25, 0.3) is 5.91 Å². The molecule has 0 aromatic heterocycles. The summed E-state index contributed by atoms with van der Waals surface area (Å²) >= 11 is 0. The predicted molar refractivity (Wildman–Crippen MR) is 93.6 cm³/mol. The Hall–Kier alpha value is -1.59. The van der Waals surface area contributed by atoms with Gasteiger partial charge < -0.3 is 19.7 Å². The minimum atomic E-state index is -0.00376. The van der Waals surface area contributed by atoms with Gasteiger partial charge >= 0.3 is 0 Å². The normalized spacial score (nSPS) is 22.5. The molecule has 0 spiro atoms. The fraction of sp³-hybridized carbons (Fsp3) is 0.632. The zero-order valence-electron chi connectivity index (χ0n) is 14.7. The maximum Gasteiger partial charge on any atom is 0.251 e. The number of carbonyl (C=O) groups is 1.